The van der Waals surface area contributed by atoms with Crippen LogP contribution in [0.5, 0.6) is 0 Å². The van der Waals surface area contributed by atoms with E-state index in [-0.39, 0.29) is 6.04 Å². The number of benzene rings is 1. The van der Waals surface area contributed by atoms with Gasteiger partial charge in [-0.3, -0.25) is 0 Å². The molecule has 0 aliphatic rings. The molecule has 0 aliphatic heterocycles. The van der Waals surface area contributed by atoms with Crippen molar-refractivity contribution in [2.24, 2.45) is 5.73 Å². The first-order valence-corrected chi connectivity index (χ1v) is 5.55. The van der Waals surface area contributed by atoms with Crippen molar-refractivity contribution in [3.8, 4) is 0 Å². The van der Waals surface area contributed by atoms with E-state index < -0.39 is 0 Å². The molecule has 2 nitrogen and oxygen atoms in total. The summed E-state index contributed by atoms with van der Waals surface area (Å²) in [6.45, 7) is 1.95. The third-order valence-corrected chi connectivity index (χ3v) is 3.23. The van der Waals surface area contributed by atoms with Crippen LogP contribution in [0.25, 0.3) is 10.1 Å². The maximum atomic E-state index is 5.80. The Morgan fingerprint density at radius 1 is 1.54 bits per heavy atom. The largest absolute Gasteiger partial charge is 0.323 e. The SMILES string of the molecule is CC(N)c1nsc2ccc(Br)cc12. The maximum Gasteiger partial charge on any atom is 0.0785 e. The van der Waals surface area contributed by atoms with Gasteiger partial charge in [0.15, 0.2) is 0 Å². The normalized spacial score (nSPS) is 13.5. The van der Waals surface area contributed by atoms with Crippen LogP contribution in [0.2, 0.25) is 0 Å². The quantitative estimate of drug-likeness (QED) is 0.852. The number of nitrogens with zero attached hydrogens (tertiary/aromatic N) is 1. The van der Waals surface area contributed by atoms with E-state index in [0.717, 1.165) is 15.6 Å². The molecule has 1 atom stereocenters. The average Bonchev–Trinajstić information content (AvgIpc) is 2.46. The molecule has 0 radical (unpaired) electrons. The minimum absolute atomic E-state index is 0.00282. The molecule has 0 fully saturated rings. The van der Waals surface area contributed by atoms with Crippen LogP contribution in [0, 0.1) is 0 Å². The van der Waals surface area contributed by atoms with Crippen LogP contribution in [0.3, 0.4) is 0 Å². The van der Waals surface area contributed by atoms with Gasteiger partial charge in [0, 0.05) is 15.9 Å². The van der Waals surface area contributed by atoms with E-state index in [1.807, 2.05) is 13.0 Å². The van der Waals surface area contributed by atoms with Crippen molar-refractivity contribution in [3.05, 3.63) is 28.4 Å². The summed E-state index contributed by atoms with van der Waals surface area (Å²) in [6, 6.07) is 6.15. The Balaban J connectivity index is 2.71. The molecule has 68 valence electrons. The highest BCUT2D eigenvalue weighted by molar-refractivity contribution is 9.10. The maximum absolute atomic E-state index is 5.80. The molecule has 1 unspecified atom stereocenters. The van der Waals surface area contributed by atoms with Gasteiger partial charge in [0.2, 0.25) is 0 Å². The molecular formula is C9H9BrN2S. The molecule has 0 aliphatic carbocycles. The van der Waals surface area contributed by atoms with E-state index >= 15 is 0 Å². The third-order valence-electron chi connectivity index (χ3n) is 1.89. The van der Waals surface area contributed by atoms with Gasteiger partial charge >= 0.3 is 0 Å². The van der Waals surface area contributed by atoms with Crippen molar-refractivity contribution in [1.29, 1.82) is 0 Å². The first-order chi connectivity index (χ1) is 6.18. The van der Waals surface area contributed by atoms with Crippen LogP contribution in [0.15, 0.2) is 22.7 Å². The van der Waals surface area contributed by atoms with Crippen molar-refractivity contribution in [2.75, 3.05) is 0 Å². The van der Waals surface area contributed by atoms with Gasteiger partial charge < -0.3 is 5.73 Å². The molecule has 0 spiro atoms. The molecule has 2 N–H and O–H groups in total. The minimum Gasteiger partial charge on any atom is -0.323 e. The predicted molar refractivity (Wildman–Crippen MR) is 59.9 cm³/mol. The Bertz CT molecular complexity index is 436. The van der Waals surface area contributed by atoms with Crippen LogP contribution < -0.4 is 5.73 Å². The Labute approximate surface area is 89.1 Å². The monoisotopic (exact) mass is 256 g/mol. The highest BCUT2D eigenvalue weighted by atomic mass is 79.9. The molecule has 2 rings (SSSR count). The summed E-state index contributed by atoms with van der Waals surface area (Å²) >= 11 is 4.94. The third kappa shape index (κ3) is 1.61. The zero-order chi connectivity index (χ0) is 9.42. The molecule has 0 amide bonds. The van der Waals surface area contributed by atoms with E-state index in [1.54, 1.807) is 0 Å². The van der Waals surface area contributed by atoms with Crippen molar-refractivity contribution in [3.63, 3.8) is 0 Å². The van der Waals surface area contributed by atoms with Gasteiger partial charge in [-0.1, -0.05) is 15.9 Å². The van der Waals surface area contributed by atoms with Crippen LogP contribution in [0.4, 0.5) is 0 Å². The van der Waals surface area contributed by atoms with Crippen LogP contribution in [-0.4, -0.2) is 4.37 Å². The van der Waals surface area contributed by atoms with Gasteiger partial charge in [0.05, 0.1) is 10.4 Å². The molecule has 1 heterocycles. The van der Waals surface area contributed by atoms with Crippen LogP contribution >= 0.6 is 27.5 Å². The Kier molecular flexibility index (Phi) is 2.36. The lowest BCUT2D eigenvalue weighted by molar-refractivity contribution is 0.804. The van der Waals surface area contributed by atoms with Gasteiger partial charge in [0.25, 0.3) is 0 Å². The lowest BCUT2D eigenvalue weighted by Crippen LogP contribution is -2.05. The number of halogens is 1. The molecule has 4 heteroatoms. The van der Waals surface area contributed by atoms with Gasteiger partial charge in [0.1, 0.15) is 0 Å². The molecule has 0 bridgehead atoms. The highest BCUT2D eigenvalue weighted by Gasteiger charge is 2.09. The summed E-state index contributed by atoms with van der Waals surface area (Å²) < 4.78 is 6.59. The summed E-state index contributed by atoms with van der Waals surface area (Å²) in [5, 5.41) is 1.16. The van der Waals surface area contributed by atoms with Gasteiger partial charge in [-0.15, -0.1) is 0 Å². The molecule has 0 saturated heterocycles. The first-order valence-electron chi connectivity index (χ1n) is 3.99. The smallest absolute Gasteiger partial charge is 0.0785 e. The molecule has 1 aromatic heterocycles. The second-order valence-electron chi connectivity index (χ2n) is 3.00. The summed E-state index contributed by atoms with van der Waals surface area (Å²) in [6.07, 6.45) is 0. The summed E-state index contributed by atoms with van der Waals surface area (Å²) in [5.74, 6) is 0. The zero-order valence-electron chi connectivity index (χ0n) is 7.12. The predicted octanol–water partition coefficient (Wildman–Crippen LogP) is 3.08. The lowest BCUT2D eigenvalue weighted by atomic mass is 10.1. The van der Waals surface area contributed by atoms with Crippen molar-refractivity contribution < 1.29 is 0 Å². The van der Waals surface area contributed by atoms with E-state index in [9.17, 15) is 0 Å². The highest BCUT2D eigenvalue weighted by Crippen LogP contribution is 2.28. The Hall–Kier alpha value is -0.450. The second-order valence-corrected chi connectivity index (χ2v) is 4.72. The number of fused-ring (bicyclic) bond motifs is 1. The topological polar surface area (TPSA) is 38.9 Å². The first kappa shape index (κ1) is 9.12. The zero-order valence-corrected chi connectivity index (χ0v) is 9.52. The van der Waals surface area contributed by atoms with Crippen LogP contribution in [0.1, 0.15) is 18.7 Å². The average molecular weight is 257 g/mol. The fourth-order valence-electron chi connectivity index (χ4n) is 1.26. The van der Waals surface area contributed by atoms with Crippen molar-refractivity contribution >= 4 is 37.5 Å². The fourth-order valence-corrected chi connectivity index (χ4v) is 2.47. The van der Waals surface area contributed by atoms with Crippen LogP contribution in [-0.2, 0) is 0 Å². The summed E-state index contributed by atoms with van der Waals surface area (Å²) in [5.41, 5.74) is 6.79. The van der Waals surface area contributed by atoms with E-state index in [2.05, 4.69) is 32.4 Å². The Morgan fingerprint density at radius 2 is 2.31 bits per heavy atom. The second kappa shape index (κ2) is 3.36. The fraction of sp³-hybridized carbons (Fsp3) is 0.222. The number of hydrogen-bond donors (Lipinski definition) is 1. The van der Waals surface area contributed by atoms with Gasteiger partial charge in [-0.05, 0) is 36.7 Å². The lowest BCUT2D eigenvalue weighted by Gasteiger charge is -2.00. The van der Waals surface area contributed by atoms with Gasteiger partial charge in [-0.2, -0.15) is 4.37 Å². The Morgan fingerprint density at radius 3 is 3.00 bits per heavy atom. The summed E-state index contributed by atoms with van der Waals surface area (Å²) in [7, 11) is 0. The number of hydrogen-bond acceptors (Lipinski definition) is 3. The number of nitrogens with two attached hydrogens (primary N) is 1. The van der Waals surface area contributed by atoms with E-state index in [0.29, 0.717) is 0 Å². The molecule has 0 saturated carbocycles. The van der Waals surface area contributed by atoms with E-state index in [1.165, 1.54) is 16.2 Å². The number of aromatic nitrogens is 1. The van der Waals surface area contributed by atoms with E-state index in [4.69, 9.17) is 5.73 Å². The molecule has 2 aromatic rings. The molecule has 1 aromatic carbocycles. The minimum atomic E-state index is 0.00282. The van der Waals surface area contributed by atoms with Crippen molar-refractivity contribution in [1.82, 2.24) is 4.37 Å². The van der Waals surface area contributed by atoms with Crippen molar-refractivity contribution in [2.45, 2.75) is 13.0 Å². The molecular weight excluding hydrogens is 248 g/mol. The van der Waals surface area contributed by atoms with Gasteiger partial charge in [-0.25, -0.2) is 0 Å². The number of rotatable bonds is 1. The standard InChI is InChI=1S/C9H9BrN2S/c1-5(11)9-7-4-6(10)2-3-8(7)13-12-9/h2-5H,11H2,1H3. The molecule has 13 heavy (non-hydrogen) atoms. The summed E-state index contributed by atoms with van der Waals surface area (Å²) in [4.78, 5) is 0.